The van der Waals surface area contributed by atoms with Gasteiger partial charge in [-0.05, 0) is 31.1 Å². The van der Waals surface area contributed by atoms with Crippen molar-refractivity contribution < 1.29 is 4.74 Å². The molecule has 76 valence electrons. The zero-order chi connectivity index (χ0) is 9.47. The van der Waals surface area contributed by atoms with Gasteiger partial charge in [0.2, 0.25) is 0 Å². The van der Waals surface area contributed by atoms with Crippen LogP contribution in [0, 0.1) is 11.3 Å². The Kier molecular flexibility index (Phi) is 2.37. The Morgan fingerprint density at radius 3 is 2.62 bits per heavy atom. The quantitative estimate of drug-likeness (QED) is 0.710. The summed E-state index contributed by atoms with van der Waals surface area (Å²) in [6.45, 7) is 5.47. The van der Waals surface area contributed by atoms with Crippen LogP contribution in [0.2, 0.25) is 0 Å². The fourth-order valence-corrected chi connectivity index (χ4v) is 3.29. The van der Waals surface area contributed by atoms with Gasteiger partial charge in [-0.25, -0.2) is 0 Å². The summed E-state index contributed by atoms with van der Waals surface area (Å²) in [6, 6.07) is 0.384. The van der Waals surface area contributed by atoms with Crippen LogP contribution in [0.15, 0.2) is 0 Å². The summed E-state index contributed by atoms with van der Waals surface area (Å²) in [6.07, 6.45) is 5.29. The second-order valence-electron chi connectivity index (χ2n) is 4.66. The minimum Gasteiger partial charge on any atom is -0.378 e. The van der Waals surface area contributed by atoms with Crippen molar-refractivity contribution in [2.75, 3.05) is 6.61 Å². The molecule has 1 saturated carbocycles. The van der Waals surface area contributed by atoms with Gasteiger partial charge in [0, 0.05) is 18.6 Å². The van der Waals surface area contributed by atoms with Crippen molar-refractivity contribution >= 4 is 0 Å². The van der Waals surface area contributed by atoms with Gasteiger partial charge in [0.25, 0.3) is 0 Å². The second kappa shape index (κ2) is 3.25. The molecule has 0 aromatic carbocycles. The Labute approximate surface area is 80.8 Å². The SMILES string of the molecule is CCC1(CC)CC2OCCC2C1N. The molecule has 2 aliphatic rings. The normalized spacial score (nSPS) is 42.2. The van der Waals surface area contributed by atoms with E-state index in [2.05, 4.69) is 13.8 Å². The lowest BCUT2D eigenvalue weighted by Gasteiger charge is -2.32. The largest absolute Gasteiger partial charge is 0.378 e. The molecule has 1 aliphatic heterocycles. The van der Waals surface area contributed by atoms with Crippen LogP contribution in [-0.4, -0.2) is 18.8 Å². The summed E-state index contributed by atoms with van der Waals surface area (Å²) in [5, 5.41) is 0. The minimum atomic E-state index is 0.384. The number of nitrogens with two attached hydrogens (primary N) is 1. The zero-order valence-electron chi connectivity index (χ0n) is 8.75. The third kappa shape index (κ3) is 1.23. The second-order valence-corrected chi connectivity index (χ2v) is 4.66. The molecule has 0 amide bonds. The summed E-state index contributed by atoms with van der Waals surface area (Å²) >= 11 is 0. The van der Waals surface area contributed by atoms with Crippen molar-refractivity contribution in [3.8, 4) is 0 Å². The maximum Gasteiger partial charge on any atom is 0.0625 e. The lowest BCUT2D eigenvalue weighted by molar-refractivity contribution is 0.0849. The maximum absolute atomic E-state index is 6.34. The van der Waals surface area contributed by atoms with E-state index in [1.807, 2.05) is 0 Å². The van der Waals surface area contributed by atoms with Gasteiger partial charge in [-0.15, -0.1) is 0 Å². The van der Waals surface area contributed by atoms with Crippen LogP contribution in [0.3, 0.4) is 0 Å². The van der Waals surface area contributed by atoms with Crippen LogP contribution in [0.4, 0.5) is 0 Å². The number of hydrogen-bond donors (Lipinski definition) is 1. The van der Waals surface area contributed by atoms with Crippen molar-refractivity contribution in [3.63, 3.8) is 0 Å². The van der Waals surface area contributed by atoms with E-state index >= 15 is 0 Å². The van der Waals surface area contributed by atoms with Gasteiger partial charge in [-0.3, -0.25) is 0 Å². The standard InChI is InChI=1S/C11H21NO/c1-3-11(4-2)7-9-8(10(11)12)5-6-13-9/h8-10H,3-7,12H2,1-2H3. The van der Waals surface area contributed by atoms with E-state index in [0.717, 1.165) is 6.61 Å². The van der Waals surface area contributed by atoms with Crippen LogP contribution in [0.1, 0.15) is 39.5 Å². The van der Waals surface area contributed by atoms with Crippen LogP contribution < -0.4 is 5.73 Å². The van der Waals surface area contributed by atoms with Gasteiger partial charge >= 0.3 is 0 Å². The monoisotopic (exact) mass is 183 g/mol. The molecule has 0 radical (unpaired) electrons. The Morgan fingerprint density at radius 1 is 1.38 bits per heavy atom. The predicted molar refractivity (Wildman–Crippen MR) is 53.5 cm³/mol. The highest BCUT2D eigenvalue weighted by atomic mass is 16.5. The van der Waals surface area contributed by atoms with Crippen LogP contribution in [0.25, 0.3) is 0 Å². The highest BCUT2D eigenvalue weighted by molar-refractivity contribution is 5.04. The lowest BCUT2D eigenvalue weighted by Crippen LogP contribution is -2.40. The maximum atomic E-state index is 6.34. The molecular formula is C11H21NO. The van der Waals surface area contributed by atoms with E-state index in [4.69, 9.17) is 10.5 Å². The molecule has 2 fully saturated rings. The van der Waals surface area contributed by atoms with Gasteiger partial charge < -0.3 is 10.5 Å². The average molecular weight is 183 g/mol. The molecule has 0 aromatic rings. The summed E-state index contributed by atoms with van der Waals surface area (Å²) in [5.41, 5.74) is 6.72. The molecule has 1 aliphatic carbocycles. The van der Waals surface area contributed by atoms with E-state index < -0.39 is 0 Å². The van der Waals surface area contributed by atoms with E-state index in [9.17, 15) is 0 Å². The smallest absolute Gasteiger partial charge is 0.0625 e. The third-order valence-electron chi connectivity index (χ3n) is 4.44. The fraction of sp³-hybridized carbons (Fsp3) is 1.00. The van der Waals surface area contributed by atoms with Crippen molar-refractivity contribution in [2.45, 2.75) is 51.7 Å². The molecule has 1 saturated heterocycles. The molecule has 2 rings (SSSR count). The first kappa shape index (κ1) is 9.47. The van der Waals surface area contributed by atoms with Gasteiger partial charge in [0.15, 0.2) is 0 Å². The van der Waals surface area contributed by atoms with Crippen LogP contribution in [-0.2, 0) is 4.74 Å². The summed E-state index contributed by atoms with van der Waals surface area (Å²) < 4.78 is 5.73. The molecule has 2 heteroatoms. The van der Waals surface area contributed by atoms with Gasteiger partial charge in [0.1, 0.15) is 0 Å². The van der Waals surface area contributed by atoms with Gasteiger partial charge in [0.05, 0.1) is 6.10 Å². The molecule has 13 heavy (non-hydrogen) atoms. The molecule has 0 bridgehead atoms. The molecule has 2 nitrogen and oxygen atoms in total. The molecule has 1 heterocycles. The van der Waals surface area contributed by atoms with Crippen molar-refractivity contribution in [1.82, 2.24) is 0 Å². The van der Waals surface area contributed by atoms with Crippen molar-refractivity contribution in [3.05, 3.63) is 0 Å². The number of hydrogen-bond acceptors (Lipinski definition) is 2. The fourth-order valence-electron chi connectivity index (χ4n) is 3.29. The molecule has 3 atom stereocenters. The summed E-state index contributed by atoms with van der Waals surface area (Å²) in [5.74, 6) is 0.653. The average Bonchev–Trinajstić information content (AvgIpc) is 2.68. The topological polar surface area (TPSA) is 35.2 Å². The highest BCUT2D eigenvalue weighted by Gasteiger charge is 2.51. The highest BCUT2D eigenvalue weighted by Crippen LogP contribution is 2.50. The Morgan fingerprint density at radius 2 is 2.08 bits per heavy atom. The first-order chi connectivity index (χ1) is 6.23. The van der Waals surface area contributed by atoms with E-state index in [1.54, 1.807) is 0 Å². The number of ether oxygens (including phenoxy) is 1. The van der Waals surface area contributed by atoms with Gasteiger partial charge in [-0.1, -0.05) is 13.8 Å². The number of fused-ring (bicyclic) bond motifs is 1. The molecule has 0 aromatic heterocycles. The summed E-state index contributed by atoms with van der Waals surface area (Å²) in [4.78, 5) is 0. The molecule has 0 spiro atoms. The Bertz CT molecular complexity index is 189. The van der Waals surface area contributed by atoms with E-state index in [1.165, 1.54) is 25.7 Å². The molecular weight excluding hydrogens is 162 g/mol. The predicted octanol–water partition coefficient (Wildman–Crippen LogP) is 1.93. The van der Waals surface area contributed by atoms with E-state index in [-0.39, 0.29) is 0 Å². The van der Waals surface area contributed by atoms with Crippen molar-refractivity contribution in [1.29, 1.82) is 0 Å². The summed E-state index contributed by atoms with van der Waals surface area (Å²) in [7, 11) is 0. The Hall–Kier alpha value is -0.0800. The van der Waals surface area contributed by atoms with Crippen LogP contribution in [0.5, 0.6) is 0 Å². The third-order valence-corrected chi connectivity index (χ3v) is 4.44. The van der Waals surface area contributed by atoms with Crippen molar-refractivity contribution in [2.24, 2.45) is 17.1 Å². The molecule has 2 N–H and O–H groups in total. The number of rotatable bonds is 2. The molecule has 3 unspecified atom stereocenters. The zero-order valence-corrected chi connectivity index (χ0v) is 8.75. The van der Waals surface area contributed by atoms with E-state index in [0.29, 0.717) is 23.5 Å². The first-order valence-electron chi connectivity index (χ1n) is 5.60. The lowest BCUT2D eigenvalue weighted by atomic mass is 9.76. The first-order valence-corrected chi connectivity index (χ1v) is 5.60. The Balaban J connectivity index is 2.17. The minimum absolute atomic E-state index is 0.384. The van der Waals surface area contributed by atoms with Gasteiger partial charge in [-0.2, -0.15) is 0 Å². The van der Waals surface area contributed by atoms with Crippen LogP contribution >= 0.6 is 0 Å².